The summed E-state index contributed by atoms with van der Waals surface area (Å²) >= 11 is 0.599. The van der Waals surface area contributed by atoms with Gasteiger partial charge in [0.1, 0.15) is 27.9 Å². The fourth-order valence-corrected chi connectivity index (χ4v) is 10.2. The van der Waals surface area contributed by atoms with Crippen LogP contribution in [0.15, 0.2) is 201 Å². The molecule has 0 unspecified atom stereocenters. The highest BCUT2D eigenvalue weighted by molar-refractivity contribution is 7.94. The molecule has 0 saturated heterocycles. The van der Waals surface area contributed by atoms with E-state index in [0.29, 0.717) is 95.7 Å². The summed E-state index contributed by atoms with van der Waals surface area (Å²) in [5.41, 5.74) is 4.78. The molecule has 8 aromatic carbocycles. The molecule has 10 rings (SSSR count). The van der Waals surface area contributed by atoms with Crippen molar-refractivity contribution >= 4 is 55.3 Å². The first kappa shape index (κ1) is 52.6. The Labute approximate surface area is 450 Å². The molecule has 390 valence electrons. The van der Waals surface area contributed by atoms with E-state index in [1.165, 1.54) is 33.6 Å². The van der Waals surface area contributed by atoms with E-state index in [2.05, 4.69) is 17.1 Å². The number of rotatable bonds is 19. The zero-order chi connectivity index (χ0) is 54.5. The Balaban J connectivity index is 0.855. The van der Waals surface area contributed by atoms with Crippen molar-refractivity contribution in [2.75, 3.05) is 0 Å². The van der Waals surface area contributed by atoms with Gasteiger partial charge in [0.25, 0.3) is 21.2 Å². The van der Waals surface area contributed by atoms with Gasteiger partial charge in [0.2, 0.25) is 0 Å². The minimum atomic E-state index is -4.94. The van der Waals surface area contributed by atoms with Gasteiger partial charge >= 0.3 is 0 Å². The van der Waals surface area contributed by atoms with E-state index in [4.69, 9.17) is 24.2 Å². The summed E-state index contributed by atoms with van der Waals surface area (Å²) in [6, 6.07) is 50.8. The maximum Gasteiger partial charge on any atom is 0.298 e. The Bertz CT molecular complexity index is 4150. The fraction of sp³-hybridized carbons (Fsp3) is 0.100. The number of benzene rings is 8. The molecule has 18 heteroatoms. The first-order valence-electron chi connectivity index (χ1n) is 24.5. The van der Waals surface area contributed by atoms with Crippen LogP contribution < -0.4 is 20.6 Å². The number of carbonyl (C=O) groups is 2. The zero-order valence-corrected chi connectivity index (χ0v) is 43.4. The van der Waals surface area contributed by atoms with Crippen LogP contribution in [0.2, 0.25) is 0 Å². The average molecular weight is 1080 g/mol. The van der Waals surface area contributed by atoms with Crippen LogP contribution in [-0.2, 0) is 45.4 Å². The number of fused-ring (bicyclic) bond motifs is 2. The largest absolute Gasteiger partial charge is 0.457 e. The lowest BCUT2D eigenvalue weighted by Gasteiger charge is -2.14. The van der Waals surface area contributed by atoms with Gasteiger partial charge in [0, 0.05) is 62.1 Å². The van der Waals surface area contributed by atoms with Crippen LogP contribution in [0.3, 0.4) is 0 Å². The van der Waals surface area contributed by atoms with Gasteiger partial charge in [-0.05, 0) is 140 Å². The second kappa shape index (κ2) is 22.8. The van der Waals surface area contributed by atoms with Gasteiger partial charge in [-0.1, -0.05) is 84.8 Å². The highest BCUT2D eigenvalue weighted by Gasteiger charge is 2.23. The van der Waals surface area contributed by atoms with Gasteiger partial charge < -0.3 is 9.47 Å². The third kappa shape index (κ3) is 11.2. The molecule has 2 N–H and O–H groups in total. The summed E-state index contributed by atoms with van der Waals surface area (Å²) in [5.74, 6) is 0.325. The summed E-state index contributed by atoms with van der Waals surface area (Å²) in [6.07, 6.45) is 1.08. The molecule has 2 aromatic heterocycles. The highest BCUT2D eigenvalue weighted by Crippen LogP contribution is 2.35. The van der Waals surface area contributed by atoms with Crippen LogP contribution >= 0.6 is 12.0 Å². The van der Waals surface area contributed by atoms with Gasteiger partial charge in [0.15, 0.2) is 11.6 Å². The highest BCUT2D eigenvalue weighted by atomic mass is 32.2. The molecule has 10 aromatic rings. The van der Waals surface area contributed by atoms with Crippen LogP contribution in [-0.4, -0.2) is 49.4 Å². The summed E-state index contributed by atoms with van der Waals surface area (Å²) in [5, 5.41) is 24.6. The molecule has 0 aliphatic rings. The Morgan fingerprint density at radius 2 is 1.04 bits per heavy atom. The molecule has 0 atom stereocenters. The minimum absolute atomic E-state index is 0.0737. The molecular weight excluding hydrogens is 1030 g/mol. The van der Waals surface area contributed by atoms with Crippen LogP contribution in [0.1, 0.15) is 56.8 Å². The van der Waals surface area contributed by atoms with Crippen LogP contribution in [0.4, 0.5) is 0 Å². The quantitative estimate of drug-likeness (QED) is 0.0253. The third-order valence-electron chi connectivity index (χ3n) is 13.1. The lowest BCUT2D eigenvalue weighted by atomic mass is 10.0. The second-order valence-corrected chi connectivity index (χ2v) is 20.0. The molecular formula is C60H46N4O12S2. The standard InChI is InChI=1S/C60H46N4O12S2/c1-3-37-13-15-41(16-14-37)57(65)42-23-30-46(31-24-42)73-45-26-19-40(20-27-45)56-49-10-6-8-12-51(49)60(68)64(62-56)34-33-38-17-18-43(35-53(38)77-76-75-69)58(66)44-25-32-52(54(36-44)78(70,71)72)74-47-28-21-39(22-29-47)55-48-9-5-7-11-50(48)59(67)63(4-2)61-55/h5-32,35-36,69H,3-4,33-34H2,1-2H3,(H,70,71,72). The van der Waals surface area contributed by atoms with Gasteiger partial charge in [0.05, 0.1) is 34.2 Å². The van der Waals surface area contributed by atoms with Crippen molar-refractivity contribution in [3.05, 3.63) is 236 Å². The molecule has 2 heterocycles. The average Bonchev–Trinajstić information content (AvgIpc) is 3.54. The van der Waals surface area contributed by atoms with Crippen molar-refractivity contribution in [3.63, 3.8) is 0 Å². The molecule has 0 fully saturated rings. The molecule has 0 saturated carbocycles. The number of nitrogens with zero attached hydrogens (tertiary/aromatic N) is 4. The monoisotopic (exact) mass is 1080 g/mol. The summed E-state index contributed by atoms with van der Waals surface area (Å²) in [7, 11) is -4.94. The number of aromatic nitrogens is 4. The SMILES string of the molecule is CCc1ccc(C(=O)c2ccc(Oc3ccc(-c4nn(CCc5ccc(C(=O)c6ccc(Oc7ccc(-c8nn(CC)c(=O)c9ccccc89)cc7)c(S(=O)(=O)O)c6)cc5SOOO)c(=O)c5ccccc45)cc3)cc2)cc1. The van der Waals surface area contributed by atoms with Crippen molar-refractivity contribution in [1.82, 2.24) is 19.6 Å². The predicted octanol–water partition coefficient (Wildman–Crippen LogP) is 12.0. The summed E-state index contributed by atoms with van der Waals surface area (Å²) < 4.78 is 55.5. The maximum absolute atomic E-state index is 14.0. The lowest BCUT2D eigenvalue weighted by molar-refractivity contribution is -0.432. The first-order valence-corrected chi connectivity index (χ1v) is 26.7. The normalized spacial score (nSPS) is 11.5. The molecule has 0 aliphatic heterocycles. The van der Waals surface area contributed by atoms with E-state index in [1.807, 2.05) is 67.6 Å². The van der Waals surface area contributed by atoms with Crippen LogP contribution in [0.5, 0.6) is 23.0 Å². The van der Waals surface area contributed by atoms with Crippen molar-refractivity contribution in [1.29, 1.82) is 0 Å². The van der Waals surface area contributed by atoms with E-state index in [1.54, 1.807) is 91.0 Å². The Morgan fingerprint density at radius 3 is 1.59 bits per heavy atom. The van der Waals surface area contributed by atoms with Crippen molar-refractivity contribution < 1.29 is 46.7 Å². The van der Waals surface area contributed by atoms with Crippen molar-refractivity contribution in [3.8, 4) is 45.5 Å². The Kier molecular flexibility index (Phi) is 15.3. The smallest absolute Gasteiger partial charge is 0.298 e. The van der Waals surface area contributed by atoms with E-state index in [-0.39, 0.29) is 52.5 Å². The van der Waals surface area contributed by atoms with Gasteiger partial charge in [-0.25, -0.2) is 14.6 Å². The fourth-order valence-electron chi connectivity index (χ4n) is 8.98. The summed E-state index contributed by atoms with van der Waals surface area (Å²) in [4.78, 5) is 53.6. The first-order chi connectivity index (χ1) is 37.8. The van der Waals surface area contributed by atoms with Crippen LogP contribution in [0.25, 0.3) is 44.1 Å². The second-order valence-electron chi connectivity index (χ2n) is 17.9. The van der Waals surface area contributed by atoms with E-state index in [9.17, 15) is 32.1 Å². The Morgan fingerprint density at radius 1 is 0.564 bits per heavy atom. The molecule has 0 aliphatic carbocycles. The zero-order valence-electron chi connectivity index (χ0n) is 41.7. The molecule has 0 radical (unpaired) electrons. The molecule has 0 bridgehead atoms. The molecule has 16 nitrogen and oxygen atoms in total. The Hall–Kier alpha value is -8.88. The van der Waals surface area contributed by atoms with E-state index < -0.39 is 20.8 Å². The molecule has 0 amide bonds. The predicted molar refractivity (Wildman–Crippen MR) is 295 cm³/mol. The van der Waals surface area contributed by atoms with Gasteiger partial charge in [-0.15, -0.1) is 4.33 Å². The van der Waals surface area contributed by atoms with Crippen molar-refractivity contribution in [2.45, 2.75) is 49.6 Å². The van der Waals surface area contributed by atoms with Gasteiger partial charge in [-0.2, -0.15) is 18.6 Å². The number of carbonyl (C=O) groups excluding carboxylic acids is 2. The number of hydrogen-bond donors (Lipinski definition) is 2. The molecule has 0 spiro atoms. The molecule has 78 heavy (non-hydrogen) atoms. The lowest BCUT2D eigenvalue weighted by Crippen LogP contribution is -2.25. The van der Waals surface area contributed by atoms with Crippen LogP contribution in [0, 0.1) is 0 Å². The minimum Gasteiger partial charge on any atom is -0.457 e. The number of ether oxygens (including phenoxy) is 2. The number of ketones is 2. The topological polar surface area (TPSA) is 215 Å². The van der Waals surface area contributed by atoms with E-state index in [0.717, 1.165) is 18.1 Å². The number of aryl methyl sites for hydroxylation is 4. The maximum atomic E-state index is 14.0. The van der Waals surface area contributed by atoms with Crippen molar-refractivity contribution in [2.24, 2.45) is 0 Å². The summed E-state index contributed by atoms with van der Waals surface area (Å²) in [6.45, 7) is 4.32. The van der Waals surface area contributed by atoms with Gasteiger partial charge in [-0.3, -0.25) is 23.7 Å². The number of hydrogen-bond acceptors (Lipinski definition) is 14. The van der Waals surface area contributed by atoms with E-state index >= 15 is 0 Å². The third-order valence-corrected chi connectivity index (χ3v) is 14.6.